The van der Waals surface area contributed by atoms with E-state index in [0.717, 1.165) is 28.9 Å². The van der Waals surface area contributed by atoms with Crippen molar-refractivity contribution in [3.63, 3.8) is 0 Å². The molecule has 284 valence electrons. The Bertz CT molecular complexity index is 1720. The molecule has 1 unspecified atom stereocenters. The molecule has 0 radical (unpaired) electrons. The highest BCUT2D eigenvalue weighted by molar-refractivity contribution is 7.91. The Morgan fingerprint density at radius 1 is 1.00 bits per heavy atom. The number of hydrogen-bond donors (Lipinski definition) is 5. The summed E-state index contributed by atoms with van der Waals surface area (Å²) in [6.07, 6.45) is -0.965. The van der Waals surface area contributed by atoms with E-state index in [4.69, 9.17) is 0 Å². The molecule has 0 aliphatic rings. The maximum atomic E-state index is 14.2. The number of aromatic nitrogens is 1. The number of benzene rings is 2. The molecule has 52 heavy (non-hydrogen) atoms. The molecule has 0 fully saturated rings. The minimum absolute atomic E-state index is 0.0334. The summed E-state index contributed by atoms with van der Waals surface area (Å²) in [4.78, 5) is 55.6. The van der Waals surface area contributed by atoms with Gasteiger partial charge in [-0.1, -0.05) is 81.8 Å². The number of methoxy groups -OCH3 is 1. The van der Waals surface area contributed by atoms with E-state index >= 15 is 0 Å². The maximum absolute atomic E-state index is 14.2. The summed E-state index contributed by atoms with van der Waals surface area (Å²) in [5, 5.41) is 25.1. The Morgan fingerprint density at radius 2 is 1.67 bits per heavy atom. The summed E-state index contributed by atoms with van der Waals surface area (Å²) in [6, 6.07) is 12.2. The summed E-state index contributed by atoms with van der Waals surface area (Å²) in [5.41, 5.74) is 1.31. The molecule has 0 spiro atoms. The lowest BCUT2D eigenvalue weighted by atomic mass is 9.96. The van der Waals surface area contributed by atoms with Crippen molar-refractivity contribution in [3.05, 3.63) is 81.7 Å². The van der Waals surface area contributed by atoms with Crippen molar-refractivity contribution in [2.45, 2.75) is 75.5 Å². The number of ether oxygens (including phenoxy) is 1. The van der Waals surface area contributed by atoms with Gasteiger partial charge in [-0.3, -0.25) is 10.1 Å². The van der Waals surface area contributed by atoms with E-state index in [2.05, 4.69) is 36.2 Å². The molecule has 5 N–H and O–H groups in total. The van der Waals surface area contributed by atoms with Crippen LogP contribution in [0.4, 0.5) is 14.7 Å². The second kappa shape index (κ2) is 20.0. The van der Waals surface area contributed by atoms with Crippen LogP contribution in [0.25, 0.3) is 0 Å². The topological polar surface area (TPSA) is 208 Å². The van der Waals surface area contributed by atoms with Gasteiger partial charge in [-0.2, -0.15) is 4.91 Å². The first kappa shape index (κ1) is 42.0. The van der Waals surface area contributed by atoms with Gasteiger partial charge in [0.1, 0.15) is 12.6 Å². The second-order valence-corrected chi connectivity index (χ2v) is 15.7. The van der Waals surface area contributed by atoms with Gasteiger partial charge in [0.25, 0.3) is 0 Å². The molecule has 4 amide bonds. The number of nitroso groups, excluding NO2 is 1. The minimum Gasteiger partial charge on any atom is -0.453 e. The molecule has 0 saturated heterocycles. The zero-order valence-corrected chi connectivity index (χ0v) is 31.9. The number of carbonyl (C=O) groups excluding carboxylic acids is 3. The van der Waals surface area contributed by atoms with Gasteiger partial charge in [0.2, 0.25) is 15.7 Å². The third-order valence-electron chi connectivity index (χ3n) is 8.41. The van der Waals surface area contributed by atoms with Crippen LogP contribution in [0.1, 0.15) is 56.3 Å². The number of rotatable bonds is 19. The zero-order valence-electron chi connectivity index (χ0n) is 30.2. The molecule has 1 heterocycles. The third kappa shape index (κ3) is 11.8. The third-order valence-corrected chi connectivity index (χ3v) is 11.3. The van der Waals surface area contributed by atoms with Crippen LogP contribution >= 0.6 is 11.3 Å². The average molecular weight is 760 g/mol. The molecule has 0 aliphatic carbocycles. The van der Waals surface area contributed by atoms with Crippen LogP contribution in [0.5, 0.6) is 0 Å². The quantitative estimate of drug-likeness (QED) is 0.109. The average Bonchev–Trinajstić information content (AvgIpc) is 3.57. The number of anilines is 1. The SMILES string of the molecule is CC[C@H](C)[C@H](NC(=O)N(C)C(c1csc(NC(=O)OC)n1)S(=O)(=O)c1ccc(CN=O)cc1)C(=O)N[C@@H](Cc1ccccc1)[C@H](O)CNCC(C)C. The lowest BCUT2D eigenvalue weighted by Crippen LogP contribution is -2.58. The number of amides is 4. The van der Waals surface area contributed by atoms with E-state index in [0.29, 0.717) is 30.9 Å². The van der Waals surface area contributed by atoms with Crippen molar-refractivity contribution in [1.82, 2.24) is 25.8 Å². The second-order valence-electron chi connectivity index (χ2n) is 12.9. The Kier molecular flexibility index (Phi) is 16.1. The van der Waals surface area contributed by atoms with Crippen molar-refractivity contribution in [2.24, 2.45) is 17.0 Å². The first-order chi connectivity index (χ1) is 24.7. The Morgan fingerprint density at radius 3 is 2.27 bits per heavy atom. The van der Waals surface area contributed by atoms with Crippen LogP contribution in [0.3, 0.4) is 0 Å². The van der Waals surface area contributed by atoms with Crippen LogP contribution in [0.15, 0.2) is 70.0 Å². The van der Waals surface area contributed by atoms with Gasteiger partial charge < -0.3 is 30.7 Å². The number of aliphatic hydroxyl groups is 1. The smallest absolute Gasteiger partial charge is 0.413 e. The van der Waals surface area contributed by atoms with Gasteiger partial charge in [-0.15, -0.1) is 11.3 Å². The molecular weight excluding hydrogens is 711 g/mol. The number of nitrogens with zero attached hydrogens (tertiary/aromatic N) is 3. The number of thiazole rings is 1. The fourth-order valence-electron chi connectivity index (χ4n) is 5.28. The standard InChI is InChI=1S/C35H49N7O8S2/c1-7-23(4)30(31(44)38-27(17-24-11-9-8-10-12-24)29(43)20-36-18-22(2)3)40-34(45)42(5)32(28-21-51-33(39-28)41-35(46)50-6)52(48,49)26-15-13-25(14-16-26)19-37-47/h8-16,21-23,27,29-30,32,36,43H,7,17-20H2,1-6H3,(H,38,44)(H,40,45)(H,39,41,46)/t23-,27-,29+,30-,32?/m0/s1. The number of hydrogen-bond acceptors (Lipinski definition) is 12. The van der Waals surface area contributed by atoms with Crippen molar-refractivity contribution < 1.29 is 32.6 Å². The van der Waals surface area contributed by atoms with Gasteiger partial charge in [-0.25, -0.2) is 23.0 Å². The van der Waals surface area contributed by atoms with Gasteiger partial charge in [-0.05, 0) is 48.1 Å². The summed E-state index contributed by atoms with van der Waals surface area (Å²) >= 11 is 0.930. The van der Waals surface area contributed by atoms with Crippen molar-refractivity contribution >= 4 is 44.3 Å². The fraction of sp³-hybridized carbons (Fsp3) is 0.486. The highest BCUT2D eigenvalue weighted by Gasteiger charge is 2.39. The summed E-state index contributed by atoms with van der Waals surface area (Å²) < 4.78 is 33.0. The number of carbonyl (C=O) groups is 3. The highest BCUT2D eigenvalue weighted by atomic mass is 32.2. The maximum Gasteiger partial charge on any atom is 0.413 e. The predicted molar refractivity (Wildman–Crippen MR) is 199 cm³/mol. The van der Waals surface area contributed by atoms with Crippen molar-refractivity contribution in [1.29, 1.82) is 0 Å². The van der Waals surface area contributed by atoms with E-state index in [9.17, 15) is 32.8 Å². The lowest BCUT2D eigenvalue weighted by Gasteiger charge is -2.32. The molecule has 0 aliphatic heterocycles. The van der Waals surface area contributed by atoms with E-state index < -0.39 is 57.3 Å². The predicted octanol–water partition coefficient (Wildman–Crippen LogP) is 4.45. The van der Waals surface area contributed by atoms with Gasteiger partial charge in [0.05, 0.1) is 29.8 Å². The Balaban J connectivity index is 1.94. The van der Waals surface area contributed by atoms with Crippen LogP contribution in [-0.2, 0) is 32.3 Å². The van der Waals surface area contributed by atoms with Crippen LogP contribution < -0.4 is 21.3 Å². The van der Waals surface area contributed by atoms with Crippen molar-refractivity contribution in [3.8, 4) is 0 Å². The molecule has 0 saturated carbocycles. The zero-order chi connectivity index (χ0) is 38.4. The number of aliphatic hydroxyl groups excluding tert-OH is 1. The van der Waals surface area contributed by atoms with Crippen LogP contribution in [0, 0.1) is 16.7 Å². The van der Waals surface area contributed by atoms with Crippen LogP contribution in [0.2, 0.25) is 0 Å². The minimum atomic E-state index is -4.40. The highest BCUT2D eigenvalue weighted by Crippen LogP contribution is 2.34. The molecule has 2 aromatic carbocycles. The number of urea groups is 1. The first-order valence-electron chi connectivity index (χ1n) is 16.9. The lowest BCUT2D eigenvalue weighted by molar-refractivity contribution is -0.125. The largest absolute Gasteiger partial charge is 0.453 e. The number of sulfone groups is 1. The van der Waals surface area contributed by atoms with Crippen molar-refractivity contribution in [2.75, 3.05) is 32.6 Å². The molecule has 17 heteroatoms. The summed E-state index contributed by atoms with van der Waals surface area (Å²) in [7, 11) is -1.97. The normalized spacial score (nSPS) is 14.4. The van der Waals surface area contributed by atoms with E-state index in [-0.39, 0.29) is 28.8 Å². The molecule has 3 aromatic rings. The molecule has 15 nitrogen and oxygen atoms in total. The molecule has 0 bridgehead atoms. The summed E-state index contributed by atoms with van der Waals surface area (Å²) in [5.74, 6) is -0.588. The first-order valence-corrected chi connectivity index (χ1v) is 19.3. The van der Waals surface area contributed by atoms with Gasteiger partial charge in [0.15, 0.2) is 10.5 Å². The number of nitrogens with one attached hydrogen (secondary N) is 4. The van der Waals surface area contributed by atoms with Crippen LogP contribution in [-0.4, -0.2) is 86.9 Å². The summed E-state index contributed by atoms with van der Waals surface area (Å²) in [6.45, 7) is 8.48. The Hall–Kier alpha value is -4.45. The fourth-order valence-corrected chi connectivity index (χ4v) is 7.80. The molecule has 3 rings (SSSR count). The molecule has 5 atom stereocenters. The van der Waals surface area contributed by atoms with E-state index in [1.54, 1.807) is 6.92 Å². The van der Waals surface area contributed by atoms with Gasteiger partial charge in [0, 0.05) is 19.0 Å². The van der Waals surface area contributed by atoms with Gasteiger partial charge >= 0.3 is 12.1 Å². The monoisotopic (exact) mass is 759 g/mol. The van der Waals surface area contributed by atoms with E-state index in [1.165, 1.54) is 36.7 Å². The molecular formula is C35H49N7O8S2. The Labute approximate surface area is 308 Å². The molecule has 1 aromatic heterocycles. The van der Waals surface area contributed by atoms with E-state index in [1.807, 2.05) is 51.1 Å².